The van der Waals surface area contributed by atoms with Crippen LogP contribution in [-0.4, -0.2) is 55.3 Å². The second kappa shape index (κ2) is 11.9. The van der Waals surface area contributed by atoms with Gasteiger partial charge >= 0.3 is 12.2 Å². The number of carbonyl (C=O) groups is 2. The number of methoxy groups -OCH3 is 1. The van der Waals surface area contributed by atoms with Gasteiger partial charge in [0.1, 0.15) is 12.3 Å². The SMILES string of the molecule is COCCN(CC(=O)N(Cc1ccc2c(c1)OCO2)Cc1ccco1)C(=O)Nc1ccccc1C(F)(F)F. The molecule has 202 valence electrons. The van der Waals surface area contributed by atoms with Crippen molar-refractivity contribution in [1.29, 1.82) is 0 Å². The molecule has 3 aromatic rings. The molecule has 1 aromatic heterocycles. The van der Waals surface area contributed by atoms with Crippen LogP contribution < -0.4 is 14.8 Å². The summed E-state index contributed by atoms with van der Waals surface area (Å²) in [6.45, 7) is 0.01000. The number of nitrogens with zero attached hydrogens (tertiary/aromatic N) is 2. The molecular weight excluding hydrogens is 507 g/mol. The van der Waals surface area contributed by atoms with E-state index in [0.717, 1.165) is 22.6 Å². The fourth-order valence-corrected chi connectivity index (χ4v) is 3.83. The van der Waals surface area contributed by atoms with E-state index in [9.17, 15) is 22.8 Å². The molecule has 0 bridgehead atoms. The number of para-hydroxylation sites is 1. The molecule has 3 amide bonds. The standard InChI is InChI=1S/C26H26F3N3O6/c1-35-12-10-31(25(34)30-21-7-3-2-6-20(21)26(27,28)29)16-24(33)32(15-19-5-4-11-36-19)14-18-8-9-22-23(13-18)38-17-37-22/h2-9,11,13H,10,12,14-17H2,1H3,(H,30,34). The molecule has 0 spiro atoms. The number of carbonyl (C=O) groups excluding carboxylic acids is 2. The number of furan rings is 1. The van der Waals surface area contributed by atoms with Crippen molar-refractivity contribution in [3.05, 3.63) is 77.7 Å². The molecule has 12 heteroatoms. The lowest BCUT2D eigenvalue weighted by Crippen LogP contribution is -2.45. The van der Waals surface area contributed by atoms with Gasteiger partial charge in [-0.3, -0.25) is 4.79 Å². The number of urea groups is 1. The number of amides is 3. The lowest BCUT2D eigenvalue weighted by atomic mass is 10.1. The van der Waals surface area contributed by atoms with Crippen LogP contribution in [0.1, 0.15) is 16.9 Å². The fourth-order valence-electron chi connectivity index (χ4n) is 3.83. The first kappa shape index (κ1) is 26.9. The van der Waals surface area contributed by atoms with Crippen molar-refractivity contribution < 1.29 is 41.4 Å². The van der Waals surface area contributed by atoms with E-state index in [1.54, 1.807) is 30.3 Å². The van der Waals surface area contributed by atoms with Crippen LogP contribution in [0.25, 0.3) is 0 Å². The lowest BCUT2D eigenvalue weighted by molar-refractivity contribution is -0.137. The Bertz CT molecular complexity index is 1250. The minimum atomic E-state index is -4.67. The summed E-state index contributed by atoms with van der Waals surface area (Å²) in [6, 6.07) is 12.5. The Kier molecular flexibility index (Phi) is 8.41. The summed E-state index contributed by atoms with van der Waals surface area (Å²) in [5.41, 5.74) is -0.651. The Labute approximate surface area is 216 Å². The van der Waals surface area contributed by atoms with Crippen molar-refractivity contribution in [2.24, 2.45) is 0 Å². The van der Waals surface area contributed by atoms with Gasteiger partial charge in [-0.25, -0.2) is 4.79 Å². The molecule has 9 nitrogen and oxygen atoms in total. The van der Waals surface area contributed by atoms with E-state index in [2.05, 4.69) is 5.32 Å². The predicted octanol–water partition coefficient (Wildman–Crippen LogP) is 4.74. The molecule has 1 aliphatic heterocycles. The highest BCUT2D eigenvalue weighted by Crippen LogP contribution is 2.35. The number of anilines is 1. The zero-order chi connectivity index (χ0) is 27.1. The minimum absolute atomic E-state index is 0.0269. The molecule has 0 saturated heterocycles. The molecular formula is C26H26F3N3O6. The van der Waals surface area contributed by atoms with Gasteiger partial charge in [-0.1, -0.05) is 18.2 Å². The van der Waals surface area contributed by atoms with Crippen molar-refractivity contribution in [2.45, 2.75) is 19.3 Å². The summed E-state index contributed by atoms with van der Waals surface area (Å²) in [6.07, 6.45) is -3.18. The van der Waals surface area contributed by atoms with E-state index in [1.165, 1.54) is 30.4 Å². The van der Waals surface area contributed by atoms with Gasteiger partial charge in [0.2, 0.25) is 12.7 Å². The fraction of sp³-hybridized carbons (Fsp3) is 0.308. The van der Waals surface area contributed by atoms with Crippen LogP contribution >= 0.6 is 0 Å². The maximum atomic E-state index is 13.5. The highest BCUT2D eigenvalue weighted by molar-refractivity contribution is 5.93. The first-order valence-electron chi connectivity index (χ1n) is 11.6. The highest BCUT2D eigenvalue weighted by atomic mass is 19.4. The zero-order valence-corrected chi connectivity index (χ0v) is 20.5. The molecule has 0 atom stereocenters. The number of hydrogen-bond acceptors (Lipinski definition) is 6. The molecule has 4 rings (SSSR count). The number of benzene rings is 2. The van der Waals surface area contributed by atoms with Crippen molar-refractivity contribution in [3.63, 3.8) is 0 Å². The summed E-state index contributed by atoms with van der Waals surface area (Å²) in [5.74, 6) is 1.22. The normalized spacial score (nSPS) is 12.3. The van der Waals surface area contributed by atoms with E-state index in [-0.39, 0.29) is 33.0 Å². The molecule has 0 saturated carbocycles. The van der Waals surface area contributed by atoms with Gasteiger partial charge in [0.25, 0.3) is 0 Å². The van der Waals surface area contributed by atoms with E-state index in [1.807, 2.05) is 0 Å². The first-order valence-corrected chi connectivity index (χ1v) is 11.6. The number of nitrogens with one attached hydrogen (secondary N) is 1. The second-order valence-corrected chi connectivity index (χ2v) is 8.40. The average molecular weight is 534 g/mol. The maximum absolute atomic E-state index is 13.5. The van der Waals surface area contributed by atoms with Crippen LogP contribution in [0.5, 0.6) is 11.5 Å². The van der Waals surface area contributed by atoms with Crippen LogP contribution in [0.4, 0.5) is 23.7 Å². The summed E-state index contributed by atoms with van der Waals surface area (Å²) >= 11 is 0. The lowest BCUT2D eigenvalue weighted by Gasteiger charge is -2.28. The third kappa shape index (κ3) is 6.76. The van der Waals surface area contributed by atoms with Gasteiger partial charge < -0.3 is 33.7 Å². The second-order valence-electron chi connectivity index (χ2n) is 8.40. The molecule has 1 N–H and O–H groups in total. The van der Waals surface area contributed by atoms with Crippen LogP contribution in [0.15, 0.2) is 65.3 Å². The smallest absolute Gasteiger partial charge is 0.418 e. The largest absolute Gasteiger partial charge is 0.467 e. The first-order chi connectivity index (χ1) is 18.2. The van der Waals surface area contributed by atoms with Gasteiger partial charge in [-0.05, 0) is 42.0 Å². The molecule has 2 heterocycles. The van der Waals surface area contributed by atoms with Gasteiger partial charge in [0.05, 0.1) is 30.7 Å². The predicted molar refractivity (Wildman–Crippen MR) is 129 cm³/mol. The molecule has 0 unspecified atom stereocenters. The molecule has 1 aliphatic rings. The van der Waals surface area contributed by atoms with Gasteiger partial charge in [-0.2, -0.15) is 13.2 Å². The van der Waals surface area contributed by atoms with Crippen LogP contribution in [0.2, 0.25) is 0 Å². The highest BCUT2D eigenvalue weighted by Gasteiger charge is 2.34. The third-order valence-electron chi connectivity index (χ3n) is 5.74. The van der Waals surface area contributed by atoms with Crippen molar-refractivity contribution in [1.82, 2.24) is 9.80 Å². The third-order valence-corrected chi connectivity index (χ3v) is 5.74. The number of rotatable bonds is 10. The Morgan fingerprint density at radius 1 is 1.00 bits per heavy atom. The van der Waals surface area contributed by atoms with Gasteiger partial charge in [0, 0.05) is 20.2 Å². The number of hydrogen-bond donors (Lipinski definition) is 1. The minimum Gasteiger partial charge on any atom is -0.467 e. The van der Waals surface area contributed by atoms with Gasteiger partial charge in [0.15, 0.2) is 11.5 Å². The van der Waals surface area contributed by atoms with E-state index < -0.39 is 35.9 Å². The summed E-state index contributed by atoms with van der Waals surface area (Å²) in [5, 5.41) is 2.29. The summed E-state index contributed by atoms with van der Waals surface area (Å²) < 4.78 is 61.5. The Hall–Kier alpha value is -4.19. The van der Waals surface area contributed by atoms with E-state index in [4.69, 9.17) is 18.6 Å². The zero-order valence-electron chi connectivity index (χ0n) is 20.5. The van der Waals surface area contributed by atoms with Gasteiger partial charge in [-0.15, -0.1) is 0 Å². The van der Waals surface area contributed by atoms with Crippen molar-refractivity contribution in [3.8, 4) is 11.5 Å². The molecule has 0 radical (unpaired) electrons. The van der Waals surface area contributed by atoms with Crippen molar-refractivity contribution in [2.75, 3.05) is 38.9 Å². The van der Waals surface area contributed by atoms with E-state index in [0.29, 0.717) is 17.3 Å². The molecule has 2 aromatic carbocycles. The van der Waals surface area contributed by atoms with Crippen LogP contribution in [0, 0.1) is 0 Å². The topological polar surface area (TPSA) is 93.5 Å². The van der Waals surface area contributed by atoms with Crippen LogP contribution in [-0.2, 0) is 28.8 Å². The summed E-state index contributed by atoms with van der Waals surface area (Å²) in [4.78, 5) is 29.1. The van der Waals surface area contributed by atoms with Crippen LogP contribution in [0.3, 0.4) is 0 Å². The quantitative estimate of drug-likeness (QED) is 0.405. The molecule has 0 fully saturated rings. The Morgan fingerprint density at radius 2 is 1.79 bits per heavy atom. The van der Waals surface area contributed by atoms with E-state index >= 15 is 0 Å². The maximum Gasteiger partial charge on any atom is 0.418 e. The Morgan fingerprint density at radius 3 is 2.53 bits per heavy atom. The number of fused-ring (bicyclic) bond motifs is 1. The number of halogens is 3. The summed E-state index contributed by atoms with van der Waals surface area (Å²) in [7, 11) is 1.42. The van der Waals surface area contributed by atoms with Crippen molar-refractivity contribution >= 4 is 17.6 Å². The Balaban J connectivity index is 1.52. The average Bonchev–Trinajstić information content (AvgIpc) is 3.57. The molecule has 38 heavy (non-hydrogen) atoms. The number of alkyl halides is 3. The number of ether oxygens (including phenoxy) is 3. The molecule has 0 aliphatic carbocycles. The monoisotopic (exact) mass is 533 g/mol.